The first-order chi connectivity index (χ1) is 12.5. The molecule has 2 aromatic carbocycles. The monoisotopic (exact) mass is 388 g/mol. The van der Waals surface area contributed by atoms with E-state index >= 15 is 0 Å². The van der Waals surface area contributed by atoms with Gasteiger partial charge in [0.05, 0.1) is 6.42 Å². The van der Waals surface area contributed by atoms with E-state index in [1.54, 1.807) is 18.2 Å². The maximum atomic E-state index is 12.6. The van der Waals surface area contributed by atoms with Crippen molar-refractivity contribution in [1.82, 2.24) is 15.1 Å². The molecule has 4 rings (SSSR count). The number of rotatable bonds is 5. The number of anilines is 1. The summed E-state index contributed by atoms with van der Waals surface area (Å²) in [5.74, 6) is 0.207. The van der Waals surface area contributed by atoms with E-state index in [9.17, 15) is 8.42 Å². The third-order valence-corrected chi connectivity index (χ3v) is 5.39. The Morgan fingerprint density at radius 2 is 1.96 bits per heavy atom. The van der Waals surface area contributed by atoms with Crippen LogP contribution in [0.15, 0.2) is 64.1 Å². The summed E-state index contributed by atoms with van der Waals surface area (Å²) in [6, 6.07) is 14.5. The molecule has 0 fully saturated rings. The highest BCUT2D eigenvalue weighted by Gasteiger charge is 2.21. The van der Waals surface area contributed by atoms with Gasteiger partial charge in [-0.15, -0.1) is 0 Å². The van der Waals surface area contributed by atoms with Crippen molar-refractivity contribution in [2.24, 2.45) is 0 Å². The third kappa shape index (κ3) is 3.29. The molecule has 2 N–H and O–H groups in total. The molecule has 2 heterocycles. The van der Waals surface area contributed by atoms with Gasteiger partial charge < -0.3 is 9.51 Å². The van der Waals surface area contributed by atoms with E-state index in [1.165, 1.54) is 6.20 Å². The minimum absolute atomic E-state index is 0.0820. The first-order valence-electron chi connectivity index (χ1n) is 7.67. The molecule has 0 saturated heterocycles. The van der Waals surface area contributed by atoms with Gasteiger partial charge in [0.15, 0.2) is 0 Å². The molecule has 0 radical (unpaired) electrons. The summed E-state index contributed by atoms with van der Waals surface area (Å²) in [6.07, 6.45) is 1.81. The van der Waals surface area contributed by atoms with E-state index in [4.69, 9.17) is 16.1 Å². The summed E-state index contributed by atoms with van der Waals surface area (Å²) < 4.78 is 32.7. The van der Waals surface area contributed by atoms with Crippen LogP contribution in [0, 0.1) is 0 Å². The van der Waals surface area contributed by atoms with Crippen LogP contribution in [0.2, 0.25) is 5.02 Å². The van der Waals surface area contributed by atoms with E-state index < -0.39 is 10.0 Å². The van der Waals surface area contributed by atoms with Crippen LogP contribution in [-0.2, 0) is 16.4 Å². The molecule has 0 amide bonds. The van der Waals surface area contributed by atoms with Crippen molar-refractivity contribution in [1.29, 1.82) is 0 Å². The number of hydrogen-bond donors (Lipinski definition) is 2. The van der Waals surface area contributed by atoms with E-state index in [-0.39, 0.29) is 10.8 Å². The lowest BCUT2D eigenvalue weighted by atomic mass is 10.2. The van der Waals surface area contributed by atoms with Gasteiger partial charge in [0.1, 0.15) is 4.90 Å². The summed E-state index contributed by atoms with van der Waals surface area (Å²) in [5, 5.41) is 4.73. The smallest absolute Gasteiger partial charge is 0.277 e. The average molecular weight is 389 g/mol. The molecule has 0 saturated carbocycles. The fraction of sp³-hybridized carbons (Fsp3) is 0.0588. The van der Waals surface area contributed by atoms with Crippen molar-refractivity contribution < 1.29 is 12.9 Å². The molecule has 7 nitrogen and oxygen atoms in total. The Balaban J connectivity index is 1.58. The molecular formula is C17H13ClN4O3S. The molecular weight excluding hydrogens is 376 g/mol. The van der Waals surface area contributed by atoms with Gasteiger partial charge >= 0.3 is 0 Å². The summed E-state index contributed by atoms with van der Waals surface area (Å²) in [7, 11) is -3.88. The number of aromatic amines is 1. The molecule has 0 bridgehead atoms. The number of fused-ring (bicyclic) bond motifs is 1. The van der Waals surface area contributed by atoms with Gasteiger partial charge in [-0.05, 0) is 28.9 Å². The zero-order valence-corrected chi connectivity index (χ0v) is 14.9. The van der Waals surface area contributed by atoms with Crippen molar-refractivity contribution in [3.8, 4) is 0 Å². The van der Waals surface area contributed by atoms with E-state index in [0.717, 1.165) is 5.56 Å². The maximum absolute atomic E-state index is 12.6. The van der Waals surface area contributed by atoms with Crippen LogP contribution in [-0.4, -0.2) is 23.5 Å². The fourth-order valence-corrected chi connectivity index (χ4v) is 3.89. The van der Waals surface area contributed by atoms with Crippen molar-refractivity contribution in [2.45, 2.75) is 11.3 Å². The average Bonchev–Trinajstić information content (AvgIpc) is 3.22. The van der Waals surface area contributed by atoms with Gasteiger partial charge in [-0.1, -0.05) is 41.9 Å². The Kier molecular flexibility index (Phi) is 4.14. The van der Waals surface area contributed by atoms with E-state index in [0.29, 0.717) is 28.2 Å². The van der Waals surface area contributed by atoms with Crippen LogP contribution >= 0.6 is 11.6 Å². The van der Waals surface area contributed by atoms with Crippen LogP contribution in [0.3, 0.4) is 0 Å². The van der Waals surface area contributed by atoms with Gasteiger partial charge in [-0.2, -0.15) is 4.98 Å². The van der Waals surface area contributed by atoms with Crippen LogP contribution in [0.5, 0.6) is 0 Å². The van der Waals surface area contributed by atoms with Gasteiger partial charge in [0.25, 0.3) is 16.0 Å². The van der Waals surface area contributed by atoms with Gasteiger partial charge in [-0.3, -0.25) is 0 Å². The quantitative estimate of drug-likeness (QED) is 0.544. The minimum atomic E-state index is -3.88. The number of hydrogen-bond acceptors (Lipinski definition) is 5. The Labute approximate surface area is 154 Å². The lowest BCUT2D eigenvalue weighted by molar-refractivity contribution is 0.386. The summed E-state index contributed by atoms with van der Waals surface area (Å²) in [6.45, 7) is 0. The minimum Gasteiger partial charge on any atom is -0.360 e. The van der Waals surface area contributed by atoms with Gasteiger partial charge in [0, 0.05) is 22.1 Å². The zero-order valence-electron chi connectivity index (χ0n) is 13.3. The number of nitrogens with one attached hydrogen (secondary N) is 2. The molecule has 0 aliphatic rings. The molecule has 132 valence electrons. The van der Waals surface area contributed by atoms with E-state index in [2.05, 4.69) is 19.8 Å². The standard InChI is InChI=1S/C17H13ClN4O3S/c18-12-6-7-13-14(9-12)19-10-15(13)26(23,24)22-17-20-16(25-21-17)8-11-4-2-1-3-5-11/h1-7,9-10,19H,8H2,(H,21,22). The molecule has 0 atom stereocenters. The SMILES string of the molecule is O=S(=O)(Nc1noc(Cc2ccccc2)n1)c1c[nH]c2cc(Cl)ccc12. The number of sulfonamides is 1. The van der Waals surface area contributed by atoms with Crippen LogP contribution in [0.25, 0.3) is 10.9 Å². The normalized spacial score (nSPS) is 11.7. The zero-order chi connectivity index (χ0) is 18.1. The number of H-pyrrole nitrogens is 1. The van der Waals surface area contributed by atoms with Crippen LogP contribution < -0.4 is 4.72 Å². The first-order valence-corrected chi connectivity index (χ1v) is 9.53. The fourth-order valence-electron chi connectivity index (χ4n) is 2.61. The highest BCUT2D eigenvalue weighted by molar-refractivity contribution is 7.93. The number of benzene rings is 2. The second-order valence-corrected chi connectivity index (χ2v) is 7.71. The summed E-state index contributed by atoms with van der Waals surface area (Å²) in [4.78, 5) is 7.07. The Morgan fingerprint density at radius 1 is 1.15 bits per heavy atom. The van der Waals surface area contributed by atoms with Gasteiger partial charge in [-0.25, -0.2) is 13.1 Å². The number of aromatic nitrogens is 3. The lowest BCUT2D eigenvalue weighted by Crippen LogP contribution is -2.13. The van der Waals surface area contributed by atoms with Gasteiger partial charge in [0.2, 0.25) is 5.89 Å². The maximum Gasteiger partial charge on any atom is 0.277 e. The Bertz CT molecular complexity index is 1170. The molecule has 2 aromatic heterocycles. The number of halogens is 1. The second-order valence-electron chi connectivity index (χ2n) is 5.62. The molecule has 26 heavy (non-hydrogen) atoms. The lowest BCUT2D eigenvalue weighted by Gasteiger charge is -2.02. The second kappa shape index (κ2) is 6.47. The van der Waals surface area contributed by atoms with Crippen LogP contribution in [0.1, 0.15) is 11.5 Å². The van der Waals surface area contributed by atoms with Crippen molar-refractivity contribution in [2.75, 3.05) is 4.72 Å². The topological polar surface area (TPSA) is 101 Å². The molecule has 0 aliphatic heterocycles. The highest BCUT2D eigenvalue weighted by Crippen LogP contribution is 2.26. The van der Waals surface area contributed by atoms with Crippen LogP contribution in [0.4, 0.5) is 5.95 Å². The highest BCUT2D eigenvalue weighted by atomic mass is 35.5. The first kappa shape index (κ1) is 16.6. The van der Waals surface area contributed by atoms with Crippen molar-refractivity contribution in [3.63, 3.8) is 0 Å². The predicted octanol–water partition coefficient (Wildman–Crippen LogP) is 3.60. The largest absolute Gasteiger partial charge is 0.360 e. The molecule has 0 spiro atoms. The Morgan fingerprint density at radius 3 is 2.77 bits per heavy atom. The summed E-state index contributed by atoms with van der Waals surface area (Å²) >= 11 is 5.92. The van der Waals surface area contributed by atoms with E-state index in [1.807, 2.05) is 30.3 Å². The molecule has 0 unspecified atom stereocenters. The molecule has 0 aliphatic carbocycles. The van der Waals surface area contributed by atoms with Crippen molar-refractivity contribution >= 4 is 38.5 Å². The number of nitrogens with zero attached hydrogens (tertiary/aromatic N) is 2. The Hall–Kier alpha value is -2.84. The molecule has 9 heteroatoms. The third-order valence-electron chi connectivity index (χ3n) is 3.79. The predicted molar refractivity (Wildman–Crippen MR) is 97.7 cm³/mol. The molecule has 4 aromatic rings. The van der Waals surface area contributed by atoms with Crippen molar-refractivity contribution in [3.05, 3.63) is 71.2 Å². The summed E-state index contributed by atoms with van der Waals surface area (Å²) in [5.41, 5.74) is 1.61.